The Kier molecular flexibility index (Phi) is 4.14. The Morgan fingerprint density at radius 2 is 1.90 bits per heavy atom. The Morgan fingerprint density at radius 3 is 2.67 bits per heavy atom. The van der Waals surface area contributed by atoms with Crippen molar-refractivity contribution in [2.24, 2.45) is 0 Å². The zero-order chi connectivity index (χ0) is 14.7. The fourth-order valence-corrected chi connectivity index (χ4v) is 3.35. The molecule has 1 aliphatic rings. The summed E-state index contributed by atoms with van der Waals surface area (Å²) in [7, 11) is 0. The minimum atomic E-state index is 0.390. The summed E-state index contributed by atoms with van der Waals surface area (Å²) in [6, 6.07) is 17.0. The lowest BCUT2D eigenvalue weighted by Crippen LogP contribution is -2.28. The molecular weight excluding hydrogens is 258 g/mol. The molecule has 1 unspecified atom stereocenters. The number of anilines is 1. The third kappa shape index (κ3) is 2.76. The van der Waals surface area contributed by atoms with Crippen molar-refractivity contribution in [1.82, 2.24) is 0 Å². The highest BCUT2D eigenvalue weighted by Crippen LogP contribution is 2.41. The Hall–Kier alpha value is -1.96. The van der Waals surface area contributed by atoms with Crippen LogP contribution < -0.4 is 4.90 Å². The highest BCUT2D eigenvalue weighted by Gasteiger charge is 2.29. The molecule has 2 aromatic rings. The van der Waals surface area contributed by atoms with Crippen LogP contribution in [-0.4, -0.2) is 11.7 Å². The van der Waals surface area contributed by atoms with Crippen molar-refractivity contribution in [2.75, 3.05) is 11.4 Å². The van der Waals surface area contributed by atoms with Gasteiger partial charge in [0, 0.05) is 12.2 Å². The number of phenolic OH excluding ortho intramolecular Hbond substituents is 1. The van der Waals surface area contributed by atoms with Crippen LogP contribution in [0.3, 0.4) is 0 Å². The van der Waals surface area contributed by atoms with E-state index in [1.807, 2.05) is 6.07 Å². The number of rotatable bonds is 5. The molecule has 0 aromatic heterocycles. The van der Waals surface area contributed by atoms with Gasteiger partial charge in [0.25, 0.3) is 0 Å². The van der Waals surface area contributed by atoms with E-state index in [4.69, 9.17) is 0 Å². The third-order valence-electron chi connectivity index (χ3n) is 4.43. The van der Waals surface area contributed by atoms with Gasteiger partial charge in [0.15, 0.2) is 0 Å². The van der Waals surface area contributed by atoms with Gasteiger partial charge in [0.05, 0.1) is 6.04 Å². The van der Waals surface area contributed by atoms with Crippen molar-refractivity contribution in [1.29, 1.82) is 0 Å². The van der Waals surface area contributed by atoms with Crippen molar-refractivity contribution < 1.29 is 5.11 Å². The summed E-state index contributed by atoms with van der Waals surface area (Å²) in [5, 5.41) is 10.1. The summed E-state index contributed by atoms with van der Waals surface area (Å²) >= 11 is 0. The van der Waals surface area contributed by atoms with Crippen molar-refractivity contribution in [3.05, 3.63) is 59.7 Å². The summed E-state index contributed by atoms with van der Waals surface area (Å²) in [4.78, 5) is 2.51. The van der Waals surface area contributed by atoms with Crippen LogP contribution in [0.15, 0.2) is 48.5 Å². The Labute approximate surface area is 127 Å². The second-order valence-corrected chi connectivity index (χ2v) is 5.78. The van der Waals surface area contributed by atoms with Crippen molar-refractivity contribution in [3.63, 3.8) is 0 Å². The van der Waals surface area contributed by atoms with E-state index in [0.29, 0.717) is 11.8 Å². The Morgan fingerprint density at radius 1 is 1.10 bits per heavy atom. The number of hydrogen-bond donors (Lipinski definition) is 1. The first-order valence-electron chi connectivity index (χ1n) is 7.93. The molecule has 0 heterocycles. The van der Waals surface area contributed by atoms with Crippen molar-refractivity contribution >= 4 is 5.69 Å². The van der Waals surface area contributed by atoms with Crippen molar-refractivity contribution in [2.45, 2.75) is 38.6 Å². The van der Waals surface area contributed by atoms with Gasteiger partial charge in [-0.2, -0.15) is 0 Å². The molecular formula is C19H23NO. The number of para-hydroxylation sites is 1. The number of unbranched alkanes of at least 4 members (excludes halogenated alkanes) is 1. The number of benzene rings is 2. The van der Waals surface area contributed by atoms with E-state index in [1.165, 1.54) is 24.1 Å². The monoisotopic (exact) mass is 281 g/mol. The first-order valence-corrected chi connectivity index (χ1v) is 7.93. The van der Waals surface area contributed by atoms with Crippen LogP contribution in [0.25, 0.3) is 0 Å². The first-order chi connectivity index (χ1) is 10.3. The number of aromatic hydroxyl groups is 1. The minimum absolute atomic E-state index is 0.390. The zero-order valence-electron chi connectivity index (χ0n) is 12.6. The Balaban J connectivity index is 1.94. The molecule has 1 N–H and O–H groups in total. The fourth-order valence-electron chi connectivity index (χ4n) is 3.35. The van der Waals surface area contributed by atoms with Gasteiger partial charge in [-0.1, -0.05) is 43.7 Å². The van der Waals surface area contributed by atoms with Gasteiger partial charge in [-0.3, -0.25) is 0 Å². The molecule has 110 valence electrons. The minimum Gasteiger partial charge on any atom is -0.508 e. The molecule has 3 rings (SSSR count). The van der Waals surface area contributed by atoms with Crippen LogP contribution in [0.1, 0.15) is 43.4 Å². The van der Waals surface area contributed by atoms with Crippen molar-refractivity contribution in [3.8, 4) is 5.75 Å². The normalized spacial score (nSPS) is 16.7. The van der Waals surface area contributed by atoms with Gasteiger partial charge in [-0.25, -0.2) is 0 Å². The summed E-state index contributed by atoms with van der Waals surface area (Å²) in [5.74, 6) is 0.457. The molecule has 1 aliphatic carbocycles. The predicted molar refractivity (Wildman–Crippen MR) is 87.9 cm³/mol. The molecule has 0 amide bonds. The van der Waals surface area contributed by atoms with Gasteiger partial charge in [-0.05, 0) is 48.6 Å². The lowest BCUT2D eigenvalue weighted by atomic mass is 10.0. The third-order valence-corrected chi connectivity index (χ3v) is 4.43. The predicted octanol–water partition coefficient (Wildman–Crippen LogP) is 4.69. The van der Waals surface area contributed by atoms with Crippen LogP contribution in [0.4, 0.5) is 5.69 Å². The smallest absolute Gasteiger partial charge is 0.119 e. The molecule has 0 aliphatic heterocycles. The average molecular weight is 281 g/mol. The number of hydrogen-bond acceptors (Lipinski definition) is 2. The van der Waals surface area contributed by atoms with E-state index in [1.54, 1.807) is 6.07 Å². The van der Waals surface area contributed by atoms with Gasteiger partial charge >= 0.3 is 0 Å². The summed E-state index contributed by atoms with van der Waals surface area (Å²) in [6.07, 6.45) is 4.45. The summed E-state index contributed by atoms with van der Waals surface area (Å²) in [5.41, 5.74) is 3.72. The van der Waals surface area contributed by atoms with Crippen LogP contribution in [0, 0.1) is 0 Å². The van der Waals surface area contributed by atoms with E-state index < -0.39 is 0 Å². The van der Waals surface area contributed by atoms with Crippen LogP contribution in [-0.2, 0) is 6.42 Å². The SMILES string of the molecule is CCCCN(c1ccccc1)C1CCc2c(O)cccc21. The molecule has 0 spiro atoms. The number of phenols is 1. The van der Waals surface area contributed by atoms with E-state index >= 15 is 0 Å². The van der Waals surface area contributed by atoms with Gasteiger partial charge in [0.2, 0.25) is 0 Å². The highest BCUT2D eigenvalue weighted by atomic mass is 16.3. The molecule has 2 heteroatoms. The largest absolute Gasteiger partial charge is 0.508 e. The molecule has 0 saturated carbocycles. The van der Waals surface area contributed by atoms with Crippen LogP contribution in [0.2, 0.25) is 0 Å². The molecule has 0 fully saturated rings. The molecule has 0 radical (unpaired) electrons. The summed E-state index contributed by atoms with van der Waals surface area (Å²) in [6.45, 7) is 3.30. The molecule has 21 heavy (non-hydrogen) atoms. The molecule has 2 aromatic carbocycles. The lowest BCUT2D eigenvalue weighted by Gasteiger charge is -2.32. The highest BCUT2D eigenvalue weighted by molar-refractivity contribution is 5.53. The fraction of sp³-hybridized carbons (Fsp3) is 0.368. The average Bonchev–Trinajstić information content (AvgIpc) is 2.94. The van der Waals surface area contributed by atoms with Crippen LogP contribution in [0.5, 0.6) is 5.75 Å². The van der Waals surface area contributed by atoms with Crippen LogP contribution >= 0.6 is 0 Å². The molecule has 0 saturated heterocycles. The van der Waals surface area contributed by atoms with E-state index in [2.05, 4.69) is 48.2 Å². The van der Waals surface area contributed by atoms with E-state index in [9.17, 15) is 5.11 Å². The number of fused-ring (bicyclic) bond motifs is 1. The molecule has 2 nitrogen and oxygen atoms in total. The van der Waals surface area contributed by atoms with E-state index in [0.717, 1.165) is 24.9 Å². The lowest BCUT2D eigenvalue weighted by molar-refractivity contribution is 0.469. The van der Waals surface area contributed by atoms with Gasteiger partial charge in [-0.15, -0.1) is 0 Å². The quantitative estimate of drug-likeness (QED) is 0.859. The summed E-state index contributed by atoms with van der Waals surface area (Å²) < 4.78 is 0. The van der Waals surface area contributed by atoms with Gasteiger partial charge in [0.1, 0.15) is 5.75 Å². The maximum absolute atomic E-state index is 10.1. The molecule has 1 atom stereocenters. The molecule has 0 bridgehead atoms. The van der Waals surface area contributed by atoms with E-state index in [-0.39, 0.29) is 0 Å². The Bertz CT molecular complexity index is 594. The van der Waals surface area contributed by atoms with Gasteiger partial charge < -0.3 is 10.0 Å². The first kappa shape index (κ1) is 14.0. The maximum Gasteiger partial charge on any atom is 0.119 e. The standard InChI is InChI=1S/C19H23NO/c1-2-3-14-20(15-8-5-4-6-9-15)18-13-12-17-16(18)10-7-11-19(17)21/h4-11,18,21H,2-3,12-14H2,1H3. The number of nitrogens with zero attached hydrogens (tertiary/aromatic N) is 1. The maximum atomic E-state index is 10.1. The second kappa shape index (κ2) is 6.21. The topological polar surface area (TPSA) is 23.5 Å². The zero-order valence-corrected chi connectivity index (χ0v) is 12.6. The second-order valence-electron chi connectivity index (χ2n) is 5.78.